The third-order valence-electron chi connectivity index (χ3n) is 3.20. The lowest BCUT2D eigenvalue weighted by Gasteiger charge is -2.30. The normalized spacial score (nSPS) is 20.2. The second kappa shape index (κ2) is 4.53. The van der Waals surface area contributed by atoms with Gasteiger partial charge in [-0.25, -0.2) is 9.97 Å². The van der Waals surface area contributed by atoms with Gasteiger partial charge in [-0.05, 0) is 25.0 Å². The van der Waals surface area contributed by atoms with Crippen molar-refractivity contribution in [3.8, 4) is 0 Å². The molecule has 1 fully saturated rings. The minimum absolute atomic E-state index is 0.279. The van der Waals surface area contributed by atoms with Crippen LogP contribution in [0.4, 0.5) is 5.13 Å². The zero-order valence-electron chi connectivity index (χ0n) is 9.74. The van der Waals surface area contributed by atoms with Crippen molar-refractivity contribution in [2.45, 2.75) is 12.8 Å². The summed E-state index contributed by atoms with van der Waals surface area (Å²) >= 11 is 1.53. The van der Waals surface area contributed by atoms with Gasteiger partial charge in [0.1, 0.15) is 10.3 Å². The summed E-state index contributed by atoms with van der Waals surface area (Å²) in [7, 11) is 0. The van der Waals surface area contributed by atoms with Crippen LogP contribution >= 0.6 is 11.3 Å². The Kier molecular flexibility index (Phi) is 2.87. The Hall–Kier alpha value is -1.69. The molecule has 5 nitrogen and oxygen atoms in total. The molecule has 1 aliphatic rings. The van der Waals surface area contributed by atoms with Crippen LogP contribution in [0.25, 0.3) is 10.3 Å². The van der Waals surface area contributed by atoms with E-state index in [1.54, 1.807) is 6.20 Å². The lowest BCUT2D eigenvalue weighted by atomic mass is 9.99. The van der Waals surface area contributed by atoms with Crippen LogP contribution in [0.2, 0.25) is 0 Å². The number of hydrogen-bond acceptors (Lipinski definition) is 5. The fourth-order valence-corrected chi connectivity index (χ4v) is 3.19. The predicted octanol–water partition coefficient (Wildman–Crippen LogP) is 1.99. The van der Waals surface area contributed by atoms with Gasteiger partial charge in [0.05, 0.1) is 5.92 Å². The van der Waals surface area contributed by atoms with E-state index >= 15 is 0 Å². The summed E-state index contributed by atoms with van der Waals surface area (Å²) in [4.78, 5) is 22.8. The van der Waals surface area contributed by atoms with Crippen molar-refractivity contribution in [2.75, 3.05) is 18.0 Å². The van der Waals surface area contributed by atoms with E-state index in [2.05, 4.69) is 14.9 Å². The third-order valence-corrected chi connectivity index (χ3v) is 4.24. The van der Waals surface area contributed by atoms with Gasteiger partial charge in [0, 0.05) is 19.3 Å². The predicted molar refractivity (Wildman–Crippen MR) is 70.0 cm³/mol. The molecular formula is C12H13N3O2S. The largest absolute Gasteiger partial charge is 0.481 e. The summed E-state index contributed by atoms with van der Waals surface area (Å²) in [6.07, 6.45) is 3.41. The molecule has 0 aliphatic carbocycles. The molecule has 2 aromatic rings. The smallest absolute Gasteiger partial charge is 0.308 e. The number of rotatable bonds is 2. The number of carbonyl (C=O) groups is 1. The van der Waals surface area contributed by atoms with Crippen LogP contribution in [-0.4, -0.2) is 34.1 Å². The molecule has 94 valence electrons. The summed E-state index contributed by atoms with van der Waals surface area (Å²) in [5.74, 6) is -0.988. The zero-order chi connectivity index (χ0) is 12.5. The topological polar surface area (TPSA) is 66.3 Å². The molecule has 0 aromatic carbocycles. The van der Waals surface area contributed by atoms with E-state index in [-0.39, 0.29) is 5.92 Å². The van der Waals surface area contributed by atoms with Crippen LogP contribution in [-0.2, 0) is 4.79 Å². The van der Waals surface area contributed by atoms with Gasteiger partial charge in [-0.15, -0.1) is 0 Å². The van der Waals surface area contributed by atoms with Crippen LogP contribution < -0.4 is 4.90 Å². The number of carboxylic acid groups (broad SMARTS) is 1. The number of hydrogen-bond donors (Lipinski definition) is 1. The lowest BCUT2D eigenvalue weighted by molar-refractivity contribution is -0.141. The van der Waals surface area contributed by atoms with Gasteiger partial charge in [0.2, 0.25) is 0 Å². The van der Waals surface area contributed by atoms with Gasteiger partial charge < -0.3 is 10.0 Å². The van der Waals surface area contributed by atoms with Crippen molar-refractivity contribution in [1.29, 1.82) is 0 Å². The molecule has 3 rings (SSSR count). The molecule has 3 heterocycles. The number of fused-ring (bicyclic) bond motifs is 1. The zero-order valence-corrected chi connectivity index (χ0v) is 10.6. The molecule has 6 heteroatoms. The summed E-state index contributed by atoms with van der Waals surface area (Å²) in [5, 5.41) is 9.97. The van der Waals surface area contributed by atoms with Crippen LogP contribution in [0.5, 0.6) is 0 Å². The maximum atomic E-state index is 11.0. The van der Waals surface area contributed by atoms with Crippen molar-refractivity contribution in [1.82, 2.24) is 9.97 Å². The van der Waals surface area contributed by atoms with E-state index < -0.39 is 5.97 Å². The molecule has 2 aromatic heterocycles. The number of thiazole rings is 1. The van der Waals surface area contributed by atoms with E-state index in [4.69, 9.17) is 5.11 Å². The molecule has 1 atom stereocenters. The maximum Gasteiger partial charge on any atom is 0.308 e. The summed E-state index contributed by atoms with van der Waals surface area (Å²) in [5.41, 5.74) is 0.884. The molecule has 0 unspecified atom stereocenters. The first-order valence-corrected chi connectivity index (χ1v) is 6.75. The van der Waals surface area contributed by atoms with Gasteiger partial charge in [-0.2, -0.15) is 0 Å². The first-order chi connectivity index (χ1) is 8.74. The fourth-order valence-electron chi connectivity index (χ4n) is 2.25. The fraction of sp³-hybridized carbons (Fsp3) is 0.417. The first kappa shape index (κ1) is 11.4. The van der Waals surface area contributed by atoms with Crippen LogP contribution in [0.1, 0.15) is 12.8 Å². The number of nitrogens with zero attached hydrogens (tertiary/aromatic N) is 3. The second-order valence-electron chi connectivity index (χ2n) is 4.45. The van der Waals surface area contributed by atoms with E-state index in [0.717, 1.165) is 34.9 Å². The minimum Gasteiger partial charge on any atom is -0.481 e. The Morgan fingerprint density at radius 3 is 3.22 bits per heavy atom. The molecule has 0 spiro atoms. The number of aromatic nitrogens is 2. The number of anilines is 1. The van der Waals surface area contributed by atoms with Crippen LogP contribution in [0, 0.1) is 5.92 Å². The van der Waals surface area contributed by atoms with Gasteiger partial charge in [-0.3, -0.25) is 4.79 Å². The lowest BCUT2D eigenvalue weighted by Crippen LogP contribution is -2.38. The second-order valence-corrected chi connectivity index (χ2v) is 5.40. The SMILES string of the molecule is O=C(O)[C@@H]1CCCN(c2nc3cccnc3s2)C1. The van der Waals surface area contributed by atoms with Crippen molar-refractivity contribution < 1.29 is 9.90 Å². The Labute approximate surface area is 108 Å². The van der Waals surface area contributed by atoms with Gasteiger partial charge in [0.25, 0.3) is 0 Å². The van der Waals surface area contributed by atoms with Crippen LogP contribution in [0.15, 0.2) is 18.3 Å². The highest BCUT2D eigenvalue weighted by Gasteiger charge is 2.27. The molecule has 0 radical (unpaired) electrons. The highest BCUT2D eigenvalue weighted by molar-refractivity contribution is 7.21. The Morgan fingerprint density at radius 1 is 1.56 bits per heavy atom. The average Bonchev–Trinajstić information content (AvgIpc) is 2.82. The Bertz CT molecular complexity index is 550. The summed E-state index contributed by atoms with van der Waals surface area (Å²) < 4.78 is 0. The minimum atomic E-state index is -0.709. The van der Waals surface area contributed by atoms with E-state index in [0.29, 0.717) is 6.54 Å². The molecule has 1 N–H and O–H groups in total. The molecule has 18 heavy (non-hydrogen) atoms. The Morgan fingerprint density at radius 2 is 2.44 bits per heavy atom. The monoisotopic (exact) mass is 263 g/mol. The van der Waals surface area contributed by atoms with Crippen molar-refractivity contribution in [2.24, 2.45) is 5.92 Å². The first-order valence-electron chi connectivity index (χ1n) is 5.93. The molecule has 0 saturated carbocycles. The maximum absolute atomic E-state index is 11.0. The molecule has 1 saturated heterocycles. The summed E-state index contributed by atoms with van der Waals surface area (Å²) in [6, 6.07) is 3.79. The molecular weight excluding hydrogens is 250 g/mol. The van der Waals surface area contributed by atoms with E-state index in [1.165, 1.54) is 11.3 Å². The van der Waals surface area contributed by atoms with Crippen molar-refractivity contribution in [3.05, 3.63) is 18.3 Å². The average molecular weight is 263 g/mol. The third kappa shape index (κ3) is 2.03. The highest BCUT2D eigenvalue weighted by Crippen LogP contribution is 2.30. The Balaban J connectivity index is 1.87. The quantitative estimate of drug-likeness (QED) is 0.897. The number of carboxylic acids is 1. The number of piperidine rings is 1. The molecule has 1 aliphatic heterocycles. The van der Waals surface area contributed by atoms with Gasteiger partial charge in [0.15, 0.2) is 5.13 Å². The van der Waals surface area contributed by atoms with Gasteiger partial charge >= 0.3 is 5.97 Å². The van der Waals surface area contributed by atoms with Crippen LogP contribution in [0.3, 0.4) is 0 Å². The number of pyridine rings is 1. The van der Waals surface area contributed by atoms with E-state index in [9.17, 15) is 4.79 Å². The summed E-state index contributed by atoms with van der Waals surface area (Å²) in [6.45, 7) is 1.43. The van der Waals surface area contributed by atoms with Crippen molar-refractivity contribution in [3.63, 3.8) is 0 Å². The molecule has 0 amide bonds. The highest BCUT2D eigenvalue weighted by atomic mass is 32.1. The standard InChI is InChI=1S/C12H13N3O2S/c16-11(17)8-3-2-6-15(7-8)12-14-9-4-1-5-13-10(9)18-12/h1,4-5,8H,2-3,6-7H2,(H,16,17)/t8-/m1/s1. The molecule has 0 bridgehead atoms. The van der Waals surface area contributed by atoms with Gasteiger partial charge in [-0.1, -0.05) is 11.3 Å². The number of aliphatic carboxylic acids is 1. The van der Waals surface area contributed by atoms with E-state index in [1.807, 2.05) is 12.1 Å². The van der Waals surface area contributed by atoms with Crippen molar-refractivity contribution >= 4 is 32.8 Å².